The summed E-state index contributed by atoms with van der Waals surface area (Å²) in [7, 11) is 0. The molecule has 0 aromatic rings. The fourth-order valence-electron chi connectivity index (χ4n) is 3.38. The van der Waals surface area contributed by atoms with Crippen LogP contribution in [0.25, 0.3) is 0 Å². The molecule has 20 heavy (non-hydrogen) atoms. The number of nitrogens with zero attached hydrogens (tertiary/aromatic N) is 1. The molecule has 2 heterocycles. The van der Waals surface area contributed by atoms with Gasteiger partial charge in [-0.1, -0.05) is 13.8 Å². The Balaban J connectivity index is 2.12. The maximum atomic E-state index is 12.7. The molecule has 1 N–H and O–H groups in total. The normalized spacial score (nSPS) is 34.5. The summed E-state index contributed by atoms with van der Waals surface area (Å²) in [6.45, 7) is 7.82. The van der Waals surface area contributed by atoms with Gasteiger partial charge in [0.25, 0.3) is 0 Å². The number of rotatable bonds is 3. The van der Waals surface area contributed by atoms with Crippen molar-refractivity contribution >= 4 is 11.9 Å². The van der Waals surface area contributed by atoms with Crippen LogP contribution in [-0.2, 0) is 14.3 Å². The van der Waals surface area contributed by atoms with Crippen LogP contribution >= 0.6 is 0 Å². The highest BCUT2D eigenvalue weighted by Gasteiger charge is 2.51. The van der Waals surface area contributed by atoms with Gasteiger partial charge in [0.2, 0.25) is 5.91 Å². The molecule has 2 fully saturated rings. The van der Waals surface area contributed by atoms with E-state index in [4.69, 9.17) is 4.74 Å². The van der Waals surface area contributed by atoms with Crippen LogP contribution in [0.2, 0.25) is 0 Å². The minimum Gasteiger partial charge on any atom is -0.481 e. The van der Waals surface area contributed by atoms with E-state index in [-0.39, 0.29) is 11.8 Å². The number of carbonyl (C=O) groups excluding carboxylic acids is 1. The highest BCUT2D eigenvalue weighted by atomic mass is 16.5. The SMILES string of the molecule is CC(C)C1(C(=O)O)CCN(C(=O)C2(C)CCCOC2)C1. The third-order valence-electron chi connectivity index (χ3n) is 5.07. The van der Waals surface area contributed by atoms with E-state index in [1.165, 1.54) is 0 Å². The first-order chi connectivity index (χ1) is 9.32. The summed E-state index contributed by atoms with van der Waals surface area (Å²) in [5.74, 6) is -0.706. The quantitative estimate of drug-likeness (QED) is 0.857. The van der Waals surface area contributed by atoms with Crippen LogP contribution in [0.15, 0.2) is 0 Å². The van der Waals surface area contributed by atoms with Crippen molar-refractivity contribution in [2.24, 2.45) is 16.7 Å². The molecule has 2 aliphatic rings. The lowest BCUT2D eigenvalue weighted by Gasteiger charge is -2.36. The zero-order valence-corrected chi connectivity index (χ0v) is 12.6. The molecule has 2 aliphatic heterocycles. The van der Waals surface area contributed by atoms with Crippen LogP contribution < -0.4 is 0 Å². The number of amides is 1. The molecule has 0 radical (unpaired) electrons. The lowest BCUT2D eigenvalue weighted by molar-refractivity contribution is -0.153. The third kappa shape index (κ3) is 2.43. The van der Waals surface area contributed by atoms with Gasteiger partial charge in [-0.3, -0.25) is 9.59 Å². The van der Waals surface area contributed by atoms with Crippen molar-refractivity contribution in [3.63, 3.8) is 0 Å². The van der Waals surface area contributed by atoms with E-state index in [1.807, 2.05) is 20.8 Å². The molecule has 0 bridgehead atoms. The van der Waals surface area contributed by atoms with Crippen molar-refractivity contribution in [2.75, 3.05) is 26.3 Å². The predicted octanol–water partition coefficient (Wildman–Crippen LogP) is 1.76. The fraction of sp³-hybridized carbons (Fsp3) is 0.867. The molecule has 0 aliphatic carbocycles. The summed E-state index contributed by atoms with van der Waals surface area (Å²) in [5, 5.41) is 9.55. The minimum absolute atomic E-state index is 0.0215. The van der Waals surface area contributed by atoms with E-state index in [0.29, 0.717) is 32.7 Å². The van der Waals surface area contributed by atoms with Gasteiger partial charge in [0.15, 0.2) is 0 Å². The second-order valence-corrected chi connectivity index (χ2v) is 6.81. The van der Waals surface area contributed by atoms with Gasteiger partial charge in [-0.05, 0) is 32.1 Å². The average molecular weight is 283 g/mol. The monoisotopic (exact) mass is 283 g/mol. The molecule has 2 rings (SSSR count). The fourth-order valence-corrected chi connectivity index (χ4v) is 3.38. The molecule has 2 saturated heterocycles. The van der Waals surface area contributed by atoms with Crippen molar-refractivity contribution in [3.05, 3.63) is 0 Å². The maximum absolute atomic E-state index is 12.7. The zero-order chi connectivity index (χ0) is 15.0. The number of hydrogen-bond donors (Lipinski definition) is 1. The van der Waals surface area contributed by atoms with E-state index in [2.05, 4.69) is 0 Å². The molecule has 2 unspecified atom stereocenters. The Morgan fingerprint density at radius 1 is 1.30 bits per heavy atom. The van der Waals surface area contributed by atoms with Crippen LogP contribution in [0.1, 0.15) is 40.0 Å². The van der Waals surface area contributed by atoms with Crippen LogP contribution in [0, 0.1) is 16.7 Å². The van der Waals surface area contributed by atoms with Gasteiger partial charge >= 0.3 is 5.97 Å². The largest absolute Gasteiger partial charge is 0.481 e. The summed E-state index contributed by atoms with van der Waals surface area (Å²) in [6, 6.07) is 0. The summed E-state index contributed by atoms with van der Waals surface area (Å²) < 4.78 is 5.45. The van der Waals surface area contributed by atoms with Crippen LogP contribution in [0.4, 0.5) is 0 Å². The Morgan fingerprint density at radius 3 is 2.45 bits per heavy atom. The highest BCUT2D eigenvalue weighted by molar-refractivity contribution is 5.85. The Kier molecular flexibility index (Phi) is 4.09. The molecule has 1 amide bonds. The van der Waals surface area contributed by atoms with E-state index < -0.39 is 16.8 Å². The first kappa shape index (κ1) is 15.3. The first-order valence-electron chi connectivity index (χ1n) is 7.42. The number of hydrogen-bond acceptors (Lipinski definition) is 3. The van der Waals surface area contributed by atoms with Crippen LogP contribution in [-0.4, -0.2) is 48.2 Å². The summed E-state index contributed by atoms with van der Waals surface area (Å²) in [5.41, 5.74) is -1.27. The molecule has 2 atom stereocenters. The van der Waals surface area contributed by atoms with Crippen LogP contribution in [0.3, 0.4) is 0 Å². The molecule has 114 valence electrons. The Morgan fingerprint density at radius 2 is 2.00 bits per heavy atom. The van der Waals surface area contributed by atoms with E-state index in [1.54, 1.807) is 4.90 Å². The van der Waals surface area contributed by atoms with Crippen LogP contribution in [0.5, 0.6) is 0 Å². The number of carboxylic acids is 1. The smallest absolute Gasteiger partial charge is 0.311 e. The van der Waals surface area contributed by atoms with Gasteiger partial charge in [0, 0.05) is 19.7 Å². The molecule has 0 saturated carbocycles. The molecule has 0 aromatic carbocycles. The number of aliphatic carboxylic acids is 1. The van der Waals surface area contributed by atoms with Crippen molar-refractivity contribution in [1.82, 2.24) is 4.90 Å². The first-order valence-corrected chi connectivity index (χ1v) is 7.42. The number of ether oxygens (including phenoxy) is 1. The van der Waals surface area contributed by atoms with Gasteiger partial charge < -0.3 is 14.7 Å². The summed E-state index contributed by atoms with van der Waals surface area (Å²) >= 11 is 0. The molecule has 5 nitrogen and oxygen atoms in total. The van der Waals surface area contributed by atoms with Gasteiger partial charge in [0.1, 0.15) is 0 Å². The van der Waals surface area contributed by atoms with E-state index in [0.717, 1.165) is 12.8 Å². The molecule has 5 heteroatoms. The Labute approximate surface area is 120 Å². The lowest BCUT2D eigenvalue weighted by Crippen LogP contribution is -2.48. The van der Waals surface area contributed by atoms with Crippen molar-refractivity contribution in [2.45, 2.75) is 40.0 Å². The lowest BCUT2D eigenvalue weighted by atomic mass is 9.76. The topological polar surface area (TPSA) is 66.8 Å². The minimum atomic E-state index is -0.790. The van der Waals surface area contributed by atoms with Gasteiger partial charge in [0.05, 0.1) is 17.4 Å². The summed E-state index contributed by atoms with van der Waals surface area (Å²) in [6.07, 6.45) is 2.26. The second kappa shape index (κ2) is 5.35. The van der Waals surface area contributed by atoms with Gasteiger partial charge in [-0.2, -0.15) is 0 Å². The predicted molar refractivity (Wildman–Crippen MR) is 74.3 cm³/mol. The zero-order valence-electron chi connectivity index (χ0n) is 12.6. The Bertz CT molecular complexity index is 401. The second-order valence-electron chi connectivity index (χ2n) is 6.81. The maximum Gasteiger partial charge on any atom is 0.311 e. The Hall–Kier alpha value is -1.10. The van der Waals surface area contributed by atoms with E-state index >= 15 is 0 Å². The molecule has 0 spiro atoms. The van der Waals surface area contributed by atoms with Crippen molar-refractivity contribution in [3.8, 4) is 0 Å². The van der Waals surface area contributed by atoms with Crippen molar-refractivity contribution in [1.29, 1.82) is 0 Å². The van der Waals surface area contributed by atoms with Crippen molar-refractivity contribution < 1.29 is 19.4 Å². The standard InChI is InChI=1S/C15H25NO4/c1-11(2)15(13(18)19)6-7-16(9-15)12(17)14(3)5-4-8-20-10-14/h11H,4-10H2,1-3H3,(H,18,19). The van der Waals surface area contributed by atoms with E-state index in [9.17, 15) is 14.7 Å². The summed E-state index contributed by atoms with van der Waals surface area (Å²) in [4.78, 5) is 26.1. The molecule has 0 aromatic heterocycles. The van der Waals surface area contributed by atoms with Gasteiger partial charge in [-0.15, -0.1) is 0 Å². The third-order valence-corrected chi connectivity index (χ3v) is 5.07. The number of carbonyl (C=O) groups is 2. The van der Waals surface area contributed by atoms with Gasteiger partial charge in [-0.25, -0.2) is 0 Å². The number of likely N-dealkylation sites (tertiary alicyclic amines) is 1. The highest BCUT2D eigenvalue weighted by Crippen LogP contribution is 2.40. The molecular weight excluding hydrogens is 258 g/mol. The average Bonchev–Trinajstić information content (AvgIpc) is 2.85. The number of carboxylic acid groups (broad SMARTS) is 1. The molecular formula is C15H25NO4.